The van der Waals surface area contributed by atoms with Gasteiger partial charge in [-0.1, -0.05) is 181 Å². The molecule has 0 aliphatic rings. The van der Waals surface area contributed by atoms with Crippen molar-refractivity contribution in [2.45, 2.75) is 225 Å². The second kappa shape index (κ2) is 35.5. The molecule has 2 unspecified atom stereocenters. The minimum atomic E-state index is 0.634. The fourth-order valence-corrected chi connectivity index (χ4v) is 10.3. The lowest BCUT2D eigenvalue weighted by molar-refractivity contribution is -0.671. The number of aryl methyl sites for hydroxylation is 2. The van der Waals surface area contributed by atoms with Crippen LogP contribution in [0.3, 0.4) is 0 Å². The number of thioether (sulfide) groups is 2. The predicted octanol–water partition coefficient (Wildman–Crippen LogP) is 14.3. The minimum absolute atomic E-state index is 0.634. The molecule has 2 aromatic rings. The van der Waals surface area contributed by atoms with Crippen molar-refractivity contribution in [1.29, 1.82) is 0 Å². The molecule has 4 nitrogen and oxygen atoms in total. The first-order valence-corrected chi connectivity index (χ1v) is 25.7. The van der Waals surface area contributed by atoms with E-state index in [1.807, 2.05) is 0 Å². The molecule has 53 heavy (non-hydrogen) atoms. The summed E-state index contributed by atoms with van der Waals surface area (Å²) in [4.78, 5) is 0. The third-order valence-electron chi connectivity index (χ3n) is 11.4. The van der Waals surface area contributed by atoms with Gasteiger partial charge in [-0.2, -0.15) is 23.5 Å². The summed E-state index contributed by atoms with van der Waals surface area (Å²) in [7, 11) is 4.31. The highest BCUT2D eigenvalue weighted by Crippen LogP contribution is 2.25. The fraction of sp³-hybridized carbons (Fsp3) is 0.872. The highest BCUT2D eigenvalue weighted by molar-refractivity contribution is 8.00. The molecule has 0 aliphatic heterocycles. The van der Waals surface area contributed by atoms with Gasteiger partial charge >= 0.3 is 0 Å². The van der Waals surface area contributed by atoms with Crippen molar-refractivity contribution in [3.63, 3.8) is 0 Å². The Kier molecular flexibility index (Phi) is 32.4. The van der Waals surface area contributed by atoms with E-state index >= 15 is 0 Å². The maximum absolute atomic E-state index is 2.49. The second-order valence-electron chi connectivity index (χ2n) is 16.6. The summed E-state index contributed by atoms with van der Waals surface area (Å²) in [5.74, 6) is 5.08. The standard InChI is InChI=1S/C47H90N4S2/c1-5-7-9-11-13-15-17-19-21-23-25-27-29-31-34-46(50-38-36-48(3)44-50)42-52-40-33-41-53-43-47(51-39-37-49(4)45-51)35-32-30-28-26-24-22-20-18-16-14-12-10-8-6-2/h36-39,44-47H,5-35,40-43H2,1-4H3/q+2. The van der Waals surface area contributed by atoms with Crippen LogP contribution in [0.2, 0.25) is 0 Å². The number of nitrogens with zero attached hydrogens (tertiary/aromatic N) is 4. The summed E-state index contributed by atoms with van der Waals surface area (Å²) in [6, 6.07) is 1.27. The van der Waals surface area contributed by atoms with Crippen LogP contribution in [-0.4, -0.2) is 32.1 Å². The van der Waals surface area contributed by atoms with Crippen LogP contribution in [0.1, 0.15) is 225 Å². The third kappa shape index (κ3) is 27.4. The molecular weight excluding hydrogens is 685 g/mol. The van der Waals surface area contributed by atoms with E-state index < -0.39 is 0 Å². The van der Waals surface area contributed by atoms with E-state index in [0.717, 1.165) is 0 Å². The molecule has 2 atom stereocenters. The Bertz CT molecular complexity index is 955. The Morgan fingerprint density at radius 3 is 0.943 bits per heavy atom. The largest absolute Gasteiger partial charge is 0.243 e. The van der Waals surface area contributed by atoms with E-state index in [4.69, 9.17) is 0 Å². The Labute approximate surface area is 339 Å². The van der Waals surface area contributed by atoms with Crippen LogP contribution in [0.15, 0.2) is 37.4 Å². The van der Waals surface area contributed by atoms with Crippen molar-refractivity contribution in [1.82, 2.24) is 9.13 Å². The van der Waals surface area contributed by atoms with Gasteiger partial charge in [-0.15, -0.1) is 0 Å². The number of aromatic nitrogens is 4. The maximum atomic E-state index is 2.49. The molecule has 6 heteroatoms. The molecular formula is C47H90N4S2+2. The van der Waals surface area contributed by atoms with E-state index in [1.165, 1.54) is 222 Å². The second-order valence-corrected chi connectivity index (χ2v) is 18.9. The van der Waals surface area contributed by atoms with Crippen molar-refractivity contribution in [2.24, 2.45) is 14.1 Å². The summed E-state index contributed by atoms with van der Waals surface area (Å²) in [5.41, 5.74) is 0. The summed E-state index contributed by atoms with van der Waals surface area (Å²) >= 11 is 4.38. The van der Waals surface area contributed by atoms with Gasteiger partial charge in [0, 0.05) is 11.5 Å². The average molecular weight is 775 g/mol. The molecule has 0 radical (unpaired) electrons. The van der Waals surface area contributed by atoms with Gasteiger partial charge in [-0.3, -0.25) is 0 Å². The molecule has 0 fully saturated rings. The first kappa shape index (κ1) is 48.3. The van der Waals surface area contributed by atoms with Crippen LogP contribution in [0, 0.1) is 0 Å². The maximum Gasteiger partial charge on any atom is 0.243 e. The van der Waals surface area contributed by atoms with Gasteiger partial charge in [0.2, 0.25) is 12.7 Å². The molecule has 2 heterocycles. The first-order valence-electron chi connectivity index (χ1n) is 23.3. The smallest absolute Gasteiger partial charge is 0.240 e. The molecule has 308 valence electrons. The highest BCUT2D eigenvalue weighted by Gasteiger charge is 2.18. The SMILES string of the molecule is CCCCCCCCCCCCCCCCC(CSCCCSCC(CCCCCCCCCCCCCCCC)n1cc[n+](C)c1)n1cc[n+](C)c1. The number of hydrogen-bond acceptors (Lipinski definition) is 2. The Hall–Kier alpha value is -0.880. The van der Waals surface area contributed by atoms with E-state index in [1.54, 1.807) is 0 Å². The lowest BCUT2D eigenvalue weighted by atomic mass is 10.0. The normalized spacial score (nSPS) is 12.9. The zero-order chi connectivity index (χ0) is 37.9. The molecule has 2 aromatic heterocycles. The minimum Gasteiger partial charge on any atom is -0.240 e. The lowest BCUT2D eigenvalue weighted by Gasteiger charge is -2.15. The van der Waals surface area contributed by atoms with Crippen LogP contribution in [0.25, 0.3) is 0 Å². The van der Waals surface area contributed by atoms with Crippen molar-refractivity contribution in [2.75, 3.05) is 23.0 Å². The van der Waals surface area contributed by atoms with Crippen LogP contribution >= 0.6 is 23.5 Å². The zero-order valence-corrected chi connectivity index (χ0v) is 37.6. The van der Waals surface area contributed by atoms with E-state index in [9.17, 15) is 0 Å². The highest BCUT2D eigenvalue weighted by atomic mass is 32.2. The lowest BCUT2D eigenvalue weighted by Crippen LogP contribution is -2.24. The van der Waals surface area contributed by atoms with E-state index in [0.29, 0.717) is 12.1 Å². The summed E-state index contributed by atoms with van der Waals surface area (Å²) in [6.45, 7) is 4.62. The molecule has 0 aromatic carbocycles. The zero-order valence-electron chi connectivity index (χ0n) is 36.0. The summed E-state index contributed by atoms with van der Waals surface area (Å²) < 4.78 is 9.39. The Balaban J connectivity index is 1.52. The first-order chi connectivity index (χ1) is 26.1. The quantitative estimate of drug-likeness (QED) is 0.0496. The van der Waals surface area contributed by atoms with Gasteiger partial charge in [-0.05, 0) is 43.6 Å². The molecule has 0 bridgehead atoms. The average Bonchev–Trinajstić information content (AvgIpc) is 3.80. The Morgan fingerprint density at radius 2 is 0.679 bits per heavy atom. The van der Waals surface area contributed by atoms with Gasteiger partial charge in [0.25, 0.3) is 0 Å². The molecule has 0 aliphatic carbocycles. The number of hydrogen-bond donors (Lipinski definition) is 0. The van der Waals surface area contributed by atoms with E-state index in [2.05, 4.69) is 107 Å². The van der Waals surface area contributed by atoms with Crippen molar-refractivity contribution < 1.29 is 9.13 Å². The van der Waals surface area contributed by atoms with Gasteiger partial charge in [-0.25, -0.2) is 18.3 Å². The fourth-order valence-electron chi connectivity index (χ4n) is 7.86. The molecule has 0 saturated carbocycles. The molecule has 0 spiro atoms. The molecule has 0 N–H and O–H groups in total. The third-order valence-corrected chi connectivity index (χ3v) is 13.8. The number of imidazole rings is 2. The van der Waals surface area contributed by atoms with Crippen molar-refractivity contribution in [3.8, 4) is 0 Å². The van der Waals surface area contributed by atoms with Gasteiger partial charge < -0.3 is 0 Å². The van der Waals surface area contributed by atoms with Crippen LogP contribution < -0.4 is 9.13 Å². The number of rotatable bonds is 40. The number of unbranched alkanes of at least 4 members (excludes halogenated alkanes) is 26. The Morgan fingerprint density at radius 1 is 0.396 bits per heavy atom. The van der Waals surface area contributed by atoms with Gasteiger partial charge in [0.1, 0.15) is 36.9 Å². The van der Waals surface area contributed by atoms with E-state index in [-0.39, 0.29) is 0 Å². The van der Waals surface area contributed by atoms with Crippen LogP contribution in [0.4, 0.5) is 0 Å². The summed E-state index contributed by atoms with van der Waals surface area (Å²) in [6.07, 6.45) is 57.8. The molecule has 0 amide bonds. The summed E-state index contributed by atoms with van der Waals surface area (Å²) in [5, 5.41) is 0. The van der Waals surface area contributed by atoms with Crippen molar-refractivity contribution in [3.05, 3.63) is 37.4 Å². The van der Waals surface area contributed by atoms with Gasteiger partial charge in [0.15, 0.2) is 0 Å². The predicted molar refractivity (Wildman–Crippen MR) is 238 cm³/mol. The topological polar surface area (TPSA) is 17.6 Å². The van der Waals surface area contributed by atoms with Gasteiger partial charge in [0.05, 0.1) is 14.1 Å². The van der Waals surface area contributed by atoms with Crippen LogP contribution in [-0.2, 0) is 14.1 Å². The molecule has 2 rings (SSSR count). The molecule has 0 saturated heterocycles. The monoisotopic (exact) mass is 775 g/mol. The van der Waals surface area contributed by atoms with Crippen molar-refractivity contribution >= 4 is 23.5 Å². The van der Waals surface area contributed by atoms with Crippen LogP contribution in [0.5, 0.6) is 0 Å².